The highest BCUT2D eigenvalue weighted by Gasteiger charge is 2.27. The lowest BCUT2D eigenvalue weighted by Gasteiger charge is -2.12. The van der Waals surface area contributed by atoms with Crippen molar-refractivity contribution in [2.45, 2.75) is 0 Å². The van der Waals surface area contributed by atoms with Crippen LogP contribution in [0.1, 0.15) is 0 Å². The maximum Gasteiger partial charge on any atom is 0.136 e. The lowest BCUT2D eigenvalue weighted by Crippen LogP contribution is -1.96. The molecule has 33 aromatic rings. The smallest absolute Gasteiger partial charge is 0.136 e. The third-order valence-corrected chi connectivity index (χ3v) is 33.4. The fraction of sp³-hybridized carbons (Fsp3) is 0. The van der Waals surface area contributed by atoms with Crippen LogP contribution in [0.3, 0.4) is 0 Å². The number of thiophene rings is 2. The lowest BCUT2D eigenvalue weighted by atomic mass is 9.99. The van der Waals surface area contributed by atoms with E-state index >= 15 is 0 Å². The predicted octanol–water partition coefficient (Wildman–Crippen LogP) is 39.3. The zero-order valence-electron chi connectivity index (χ0n) is 80.6. The quantitative estimate of drug-likeness (QED) is 0.135. The normalized spacial score (nSPS) is 12.0. The molecule has 9 aromatic heterocycles. The molecular formula is C140H86N6OS2. The fourth-order valence-corrected chi connectivity index (χ4v) is 26.8. The summed E-state index contributed by atoms with van der Waals surface area (Å²) in [6.07, 6.45) is 0. The summed E-state index contributed by atoms with van der Waals surface area (Å²) < 4.78 is 26.2. The van der Waals surface area contributed by atoms with Gasteiger partial charge in [-0.2, -0.15) is 0 Å². The molecule has 0 amide bonds. The maximum absolute atomic E-state index is 6.27. The van der Waals surface area contributed by atoms with Gasteiger partial charge in [0.05, 0.1) is 66.2 Å². The molecule has 7 nitrogen and oxygen atoms in total. The number of rotatable bonds is 10. The standard InChI is InChI=1S/C48H30N2S.C46H28N2O.C46H28N2S/c1-2-10-31(11-3-1)32-18-23-35(24-19-32)49-43-15-7-4-12-37(43)40-29-41-38-13-5-8-16-44(38)50(46(41)30-45(40)49)36-25-20-33(21-26-36)34-22-27-48-42(28-34)39-14-6-9-17-47(39)51-48;2*1-2-14-31(15-3-1)47-40-25-24-29-12-4-5-17-33(29)45(40)38-27-37-35-18-6-8-21-39(35)48(41(37)28-42(38)47)32-16-10-13-30(26-32)34-20-11-23-44-46(34)36-19-7-9-22-43(36)49-44/h1-30H;2*1-28H. The first-order valence-corrected chi connectivity index (χ1v) is 52.6. The second-order valence-corrected chi connectivity index (χ2v) is 41.4. The average molecular weight is 1930 g/mol. The second-order valence-electron chi connectivity index (χ2n) is 39.2. The van der Waals surface area contributed by atoms with Crippen molar-refractivity contribution in [3.05, 3.63) is 522 Å². The zero-order valence-corrected chi connectivity index (χ0v) is 82.2. The first kappa shape index (κ1) is 84.4. The van der Waals surface area contributed by atoms with E-state index in [0.29, 0.717) is 0 Å². The highest BCUT2D eigenvalue weighted by atomic mass is 32.1. The molecule has 0 aliphatic heterocycles. The van der Waals surface area contributed by atoms with Crippen LogP contribution in [0.4, 0.5) is 0 Å². The number of benzene rings is 24. The number of hydrogen-bond acceptors (Lipinski definition) is 3. The zero-order chi connectivity index (χ0) is 97.6. The van der Waals surface area contributed by atoms with Gasteiger partial charge < -0.3 is 31.8 Å². The van der Waals surface area contributed by atoms with Crippen molar-refractivity contribution >= 4 is 237 Å². The molecule has 24 aromatic carbocycles. The van der Waals surface area contributed by atoms with Gasteiger partial charge in [-0.25, -0.2) is 0 Å². The van der Waals surface area contributed by atoms with Crippen molar-refractivity contribution in [2.75, 3.05) is 0 Å². The van der Waals surface area contributed by atoms with Gasteiger partial charge in [0.2, 0.25) is 0 Å². The minimum Gasteiger partial charge on any atom is -0.456 e. The average Bonchev–Trinajstić information content (AvgIpc) is 1.55. The van der Waals surface area contributed by atoms with E-state index in [1.807, 2.05) is 34.8 Å². The van der Waals surface area contributed by atoms with Crippen molar-refractivity contribution in [3.8, 4) is 78.6 Å². The molecule has 9 heterocycles. The summed E-state index contributed by atoms with van der Waals surface area (Å²) in [5, 5.41) is 27.9. The van der Waals surface area contributed by atoms with Crippen LogP contribution in [0.5, 0.6) is 0 Å². The Morgan fingerprint density at radius 2 is 0.456 bits per heavy atom. The second kappa shape index (κ2) is 33.7. The summed E-state index contributed by atoms with van der Waals surface area (Å²) >= 11 is 3.74. The third-order valence-electron chi connectivity index (χ3n) is 31.1. The molecule has 0 aliphatic carbocycles. The van der Waals surface area contributed by atoms with E-state index in [-0.39, 0.29) is 0 Å². The predicted molar refractivity (Wildman–Crippen MR) is 635 cm³/mol. The number of aromatic nitrogens is 6. The number of para-hydroxylation sites is 7. The van der Waals surface area contributed by atoms with E-state index in [9.17, 15) is 0 Å². The molecule has 0 unspecified atom stereocenters. The van der Waals surface area contributed by atoms with Gasteiger partial charge in [-0.3, -0.25) is 0 Å². The van der Waals surface area contributed by atoms with Crippen molar-refractivity contribution in [1.29, 1.82) is 0 Å². The van der Waals surface area contributed by atoms with Crippen molar-refractivity contribution < 1.29 is 4.42 Å². The van der Waals surface area contributed by atoms with E-state index in [1.54, 1.807) is 0 Å². The number of fused-ring (bicyclic) bond motifs is 31. The number of furan rings is 1. The molecule has 0 radical (unpaired) electrons. The van der Waals surface area contributed by atoms with E-state index in [4.69, 9.17) is 4.42 Å². The monoisotopic (exact) mass is 1930 g/mol. The lowest BCUT2D eigenvalue weighted by molar-refractivity contribution is 0.669. The Bertz CT molecular complexity index is 10900. The van der Waals surface area contributed by atoms with Crippen LogP contribution in [-0.4, -0.2) is 27.4 Å². The molecule has 0 N–H and O–H groups in total. The van der Waals surface area contributed by atoms with Gasteiger partial charge in [0.1, 0.15) is 11.2 Å². The Morgan fingerprint density at radius 1 is 0.134 bits per heavy atom. The molecule has 9 heteroatoms. The molecule has 0 fully saturated rings. The minimum absolute atomic E-state index is 0.907. The maximum atomic E-state index is 6.27. The Kier molecular flexibility index (Phi) is 19.1. The molecule has 33 rings (SSSR count). The van der Waals surface area contributed by atoms with Gasteiger partial charge in [0, 0.05) is 150 Å². The highest BCUT2D eigenvalue weighted by Crippen LogP contribution is 2.50. The van der Waals surface area contributed by atoms with Crippen molar-refractivity contribution in [1.82, 2.24) is 27.4 Å². The van der Waals surface area contributed by atoms with Crippen LogP contribution in [0.15, 0.2) is 526 Å². The molecule has 0 aliphatic rings. The van der Waals surface area contributed by atoms with Crippen LogP contribution in [0.25, 0.3) is 293 Å². The molecule has 0 saturated carbocycles. The fourth-order valence-electron chi connectivity index (χ4n) is 24.5. The summed E-state index contributed by atoms with van der Waals surface area (Å²) in [4.78, 5) is 0. The Labute approximate surface area is 862 Å². The van der Waals surface area contributed by atoms with E-state index in [1.165, 1.54) is 232 Å². The Balaban J connectivity index is 0.000000101. The molecule has 149 heavy (non-hydrogen) atoms. The molecule has 0 bridgehead atoms. The third kappa shape index (κ3) is 13.3. The summed E-state index contributed by atoms with van der Waals surface area (Å²) in [6.45, 7) is 0. The molecular weight excluding hydrogens is 1850 g/mol. The van der Waals surface area contributed by atoms with Crippen LogP contribution in [-0.2, 0) is 0 Å². The molecule has 0 atom stereocenters. The van der Waals surface area contributed by atoms with Gasteiger partial charge in [0.25, 0.3) is 0 Å². The van der Waals surface area contributed by atoms with E-state index in [0.717, 1.165) is 61.6 Å². The van der Waals surface area contributed by atoms with Crippen molar-refractivity contribution in [2.24, 2.45) is 0 Å². The summed E-state index contributed by atoms with van der Waals surface area (Å²) in [5.74, 6) is 0. The van der Waals surface area contributed by atoms with Gasteiger partial charge >= 0.3 is 0 Å². The topological polar surface area (TPSA) is 42.7 Å². The number of nitrogens with zero attached hydrogens (tertiary/aromatic N) is 6. The SMILES string of the molecule is c1ccc(-c2ccc(-n3c4ccccc4c4cc5c6ccccc6n(-c6ccc(-c7ccc8sc9ccccc9c8c7)cc6)c5cc43)cc2)cc1.c1ccc(-n2c3cc4c(cc3c3c5ccccc5ccc32)c2ccccc2n4-c2cccc(-c3cccc4oc5ccccc5c34)c2)cc1.c1ccc(-n2c3cc4c(cc3c3c5ccccc5ccc32)c2ccccc2n4-c2cccc(-c3cccc4sc5ccccc5c34)c2)cc1. The summed E-state index contributed by atoms with van der Waals surface area (Å²) in [5.41, 5.74) is 32.9. The van der Waals surface area contributed by atoms with Crippen LogP contribution in [0, 0.1) is 0 Å². The minimum atomic E-state index is 0.907. The van der Waals surface area contributed by atoms with Gasteiger partial charge in [0.15, 0.2) is 0 Å². The van der Waals surface area contributed by atoms with E-state index in [2.05, 4.69) is 537 Å². The summed E-state index contributed by atoms with van der Waals surface area (Å²) in [7, 11) is 0. The summed E-state index contributed by atoms with van der Waals surface area (Å²) in [6, 6.07) is 190. The first-order chi connectivity index (χ1) is 73.9. The molecule has 0 spiro atoms. The highest BCUT2D eigenvalue weighted by molar-refractivity contribution is 7.26. The molecule has 694 valence electrons. The van der Waals surface area contributed by atoms with Gasteiger partial charge in [-0.1, -0.05) is 334 Å². The Morgan fingerprint density at radius 3 is 0.966 bits per heavy atom. The van der Waals surface area contributed by atoms with E-state index < -0.39 is 0 Å². The molecule has 0 saturated heterocycles. The van der Waals surface area contributed by atoms with Crippen LogP contribution >= 0.6 is 22.7 Å². The van der Waals surface area contributed by atoms with Crippen LogP contribution in [0.2, 0.25) is 0 Å². The van der Waals surface area contributed by atoms with Crippen molar-refractivity contribution in [3.63, 3.8) is 0 Å². The number of hydrogen-bond donors (Lipinski definition) is 0. The van der Waals surface area contributed by atoms with Crippen LogP contribution < -0.4 is 0 Å². The Hall–Kier alpha value is -19.2. The first-order valence-electron chi connectivity index (χ1n) is 51.0. The largest absolute Gasteiger partial charge is 0.456 e. The van der Waals surface area contributed by atoms with Gasteiger partial charge in [-0.05, 0) is 254 Å². The van der Waals surface area contributed by atoms with Gasteiger partial charge in [-0.15, -0.1) is 22.7 Å².